The van der Waals surface area contributed by atoms with E-state index >= 15 is 0 Å². The van der Waals surface area contributed by atoms with Crippen LogP contribution in [0.1, 0.15) is 42.2 Å². The summed E-state index contributed by atoms with van der Waals surface area (Å²) >= 11 is 0. The Balaban J connectivity index is 2.36. The van der Waals surface area contributed by atoms with Crippen LogP contribution >= 0.6 is 0 Å². The number of nitrogens with one attached hydrogen (secondary N) is 1. The quantitative estimate of drug-likeness (QED) is 0.601. The van der Waals surface area contributed by atoms with E-state index in [9.17, 15) is 4.79 Å². The van der Waals surface area contributed by atoms with Gasteiger partial charge in [0.1, 0.15) is 5.69 Å². The molecule has 7 nitrogen and oxygen atoms in total. The molecule has 1 aliphatic rings. The normalized spacial score (nSPS) is 26.1. The topological polar surface area (TPSA) is 118 Å². The maximum absolute atomic E-state index is 11.6. The van der Waals surface area contributed by atoms with Crippen LogP contribution in [-0.2, 0) is 10.3 Å². The number of primary amides is 1. The number of ether oxygens (including phenoxy) is 1. The molecule has 148 valence electrons. The number of methoxy groups -OCH3 is 1. The largest absolute Gasteiger partial charge is 0.401 e. The zero-order valence-electron chi connectivity index (χ0n) is 16.4. The van der Waals surface area contributed by atoms with Crippen LogP contribution in [0.5, 0.6) is 0 Å². The molecule has 1 saturated carbocycles. The molecule has 3 atom stereocenters. The molecule has 1 fully saturated rings. The van der Waals surface area contributed by atoms with Crippen molar-refractivity contribution in [3.63, 3.8) is 0 Å². The summed E-state index contributed by atoms with van der Waals surface area (Å²) in [6, 6.07) is 3.69. The molecule has 7 heteroatoms. The number of allylic oxidation sites excluding steroid dienone is 1. The number of hydrogen-bond donors (Lipinski definition) is 3. The second kappa shape index (κ2) is 9.10. The van der Waals surface area contributed by atoms with Crippen molar-refractivity contribution < 1.29 is 9.53 Å². The number of nitrogens with two attached hydrogens (primary N) is 2. The lowest BCUT2D eigenvalue weighted by Crippen LogP contribution is -2.50. The summed E-state index contributed by atoms with van der Waals surface area (Å²) in [6.45, 7) is 3.57. The van der Waals surface area contributed by atoms with E-state index in [0.29, 0.717) is 12.2 Å². The lowest BCUT2D eigenvalue weighted by atomic mass is 9.65. The minimum Gasteiger partial charge on any atom is -0.401 e. The molecule has 0 radical (unpaired) electrons. The summed E-state index contributed by atoms with van der Waals surface area (Å²) < 4.78 is 6.19. The van der Waals surface area contributed by atoms with E-state index in [1.54, 1.807) is 25.4 Å². The van der Waals surface area contributed by atoms with Gasteiger partial charge in [-0.2, -0.15) is 0 Å². The monoisotopic (exact) mass is 373 g/mol. The number of pyridine rings is 1. The highest BCUT2D eigenvalue weighted by Gasteiger charge is 2.47. The van der Waals surface area contributed by atoms with Crippen LogP contribution in [-0.4, -0.2) is 49.3 Å². The van der Waals surface area contributed by atoms with E-state index in [4.69, 9.17) is 21.6 Å². The molecule has 1 aliphatic carbocycles. The third-order valence-corrected chi connectivity index (χ3v) is 5.61. The SMILES string of the molecule is COC1(c2ccnc(C(N)=O)c2)C(C)CCCC1CN(C)C/C(N)=C/C=N. The van der Waals surface area contributed by atoms with Crippen molar-refractivity contribution in [2.75, 3.05) is 27.2 Å². The molecular formula is C20H31N5O2. The van der Waals surface area contributed by atoms with Gasteiger partial charge in [0, 0.05) is 44.2 Å². The van der Waals surface area contributed by atoms with Crippen molar-refractivity contribution >= 4 is 12.1 Å². The smallest absolute Gasteiger partial charge is 0.267 e. The van der Waals surface area contributed by atoms with Gasteiger partial charge in [-0.1, -0.05) is 13.3 Å². The summed E-state index contributed by atoms with van der Waals surface area (Å²) in [4.78, 5) is 17.9. The van der Waals surface area contributed by atoms with Crippen LogP contribution in [0.25, 0.3) is 0 Å². The van der Waals surface area contributed by atoms with Crippen molar-refractivity contribution in [2.24, 2.45) is 23.3 Å². The molecule has 0 aliphatic heterocycles. The third kappa shape index (κ3) is 4.54. The van der Waals surface area contributed by atoms with E-state index in [0.717, 1.165) is 31.4 Å². The highest BCUT2D eigenvalue weighted by atomic mass is 16.5. The fourth-order valence-corrected chi connectivity index (χ4v) is 4.46. The van der Waals surface area contributed by atoms with Crippen molar-refractivity contribution in [2.45, 2.75) is 31.8 Å². The highest BCUT2D eigenvalue weighted by molar-refractivity contribution is 5.90. The maximum Gasteiger partial charge on any atom is 0.267 e. The van der Waals surface area contributed by atoms with Crippen molar-refractivity contribution in [1.29, 1.82) is 5.41 Å². The molecule has 1 aromatic rings. The van der Waals surface area contributed by atoms with E-state index in [2.05, 4.69) is 16.8 Å². The van der Waals surface area contributed by atoms with Crippen LogP contribution in [0, 0.1) is 17.2 Å². The number of aromatic nitrogens is 1. The Hall–Kier alpha value is -2.25. The molecular weight excluding hydrogens is 342 g/mol. The number of carbonyl (C=O) groups is 1. The van der Waals surface area contributed by atoms with Crippen molar-refractivity contribution in [1.82, 2.24) is 9.88 Å². The summed E-state index contributed by atoms with van der Waals surface area (Å²) in [5.74, 6) is -0.0239. The second-order valence-electron chi connectivity index (χ2n) is 7.43. The van der Waals surface area contributed by atoms with Gasteiger partial charge in [0.2, 0.25) is 0 Å². The zero-order chi connectivity index (χ0) is 20.0. The lowest BCUT2D eigenvalue weighted by Gasteiger charge is -2.49. The highest BCUT2D eigenvalue weighted by Crippen LogP contribution is 2.48. The van der Waals surface area contributed by atoms with Gasteiger partial charge in [-0.05, 0) is 49.6 Å². The van der Waals surface area contributed by atoms with Gasteiger partial charge < -0.3 is 26.5 Å². The predicted molar refractivity (Wildman–Crippen MR) is 106 cm³/mol. The fraction of sp³-hybridized carbons (Fsp3) is 0.550. The summed E-state index contributed by atoms with van der Waals surface area (Å²) in [6.07, 6.45) is 7.63. The second-order valence-corrected chi connectivity index (χ2v) is 7.43. The van der Waals surface area contributed by atoms with Gasteiger partial charge in [0.15, 0.2) is 0 Å². The Labute approximate surface area is 161 Å². The zero-order valence-corrected chi connectivity index (χ0v) is 16.4. The van der Waals surface area contributed by atoms with Crippen molar-refractivity contribution in [3.05, 3.63) is 41.4 Å². The average Bonchev–Trinajstić information content (AvgIpc) is 2.62. The molecule has 0 aromatic carbocycles. The Kier molecular flexibility index (Phi) is 7.10. The number of hydrogen-bond acceptors (Lipinski definition) is 6. The molecule has 0 bridgehead atoms. The van der Waals surface area contributed by atoms with Crippen molar-refractivity contribution in [3.8, 4) is 0 Å². The van der Waals surface area contributed by atoms with Gasteiger partial charge in [0.25, 0.3) is 5.91 Å². The molecule has 0 spiro atoms. The number of amides is 1. The minimum absolute atomic E-state index is 0.229. The molecule has 3 unspecified atom stereocenters. The minimum atomic E-state index is -0.537. The third-order valence-electron chi connectivity index (χ3n) is 5.61. The molecule has 2 rings (SSSR count). The Bertz CT molecular complexity index is 705. The van der Waals surface area contributed by atoms with Gasteiger partial charge in [-0.3, -0.25) is 9.78 Å². The molecule has 27 heavy (non-hydrogen) atoms. The summed E-state index contributed by atoms with van der Waals surface area (Å²) in [7, 11) is 3.76. The van der Waals surface area contributed by atoms with Gasteiger partial charge >= 0.3 is 0 Å². The van der Waals surface area contributed by atoms with E-state index < -0.39 is 11.5 Å². The molecule has 1 amide bonds. The number of likely N-dealkylation sites (N-methyl/N-ethyl adjacent to an activating group) is 1. The predicted octanol–water partition coefficient (Wildman–Crippen LogP) is 1.88. The van der Waals surface area contributed by atoms with Crippen LogP contribution < -0.4 is 11.5 Å². The lowest BCUT2D eigenvalue weighted by molar-refractivity contribution is -0.131. The summed E-state index contributed by atoms with van der Waals surface area (Å²) in [5, 5.41) is 7.15. The first kappa shape index (κ1) is 21.1. The molecule has 5 N–H and O–H groups in total. The standard InChI is InChI=1S/C20H31N5O2/c1-14-5-4-6-16(12-25(2)13-17(22)7-9-21)20(14,27-3)15-8-10-24-18(11-15)19(23)26/h7-11,14,16,21H,4-6,12-13,22H2,1-3H3,(H2,23,26)/b17-7-,21-9?. The Morgan fingerprint density at radius 1 is 1.48 bits per heavy atom. The van der Waals surface area contributed by atoms with Gasteiger partial charge in [0.05, 0.1) is 5.60 Å². The first-order chi connectivity index (χ1) is 12.8. The van der Waals surface area contributed by atoms with Gasteiger partial charge in [-0.15, -0.1) is 0 Å². The Morgan fingerprint density at radius 3 is 2.85 bits per heavy atom. The number of nitrogens with zero attached hydrogens (tertiary/aromatic N) is 2. The first-order valence-electron chi connectivity index (χ1n) is 9.30. The molecule has 1 heterocycles. The molecule has 0 saturated heterocycles. The fourth-order valence-electron chi connectivity index (χ4n) is 4.46. The molecule has 1 aromatic heterocycles. The van der Waals surface area contributed by atoms with E-state index in [-0.39, 0.29) is 17.5 Å². The average molecular weight is 374 g/mol. The summed E-state index contributed by atoms with van der Waals surface area (Å²) in [5.41, 5.74) is 12.7. The Morgan fingerprint density at radius 2 is 2.22 bits per heavy atom. The number of carbonyl (C=O) groups excluding carboxylic acids is 1. The maximum atomic E-state index is 11.6. The number of rotatable bonds is 8. The van der Waals surface area contributed by atoms with Crippen LogP contribution in [0.3, 0.4) is 0 Å². The van der Waals surface area contributed by atoms with E-state index in [1.807, 2.05) is 13.1 Å². The van der Waals surface area contributed by atoms with Crippen LogP contribution in [0.15, 0.2) is 30.1 Å². The van der Waals surface area contributed by atoms with Crippen LogP contribution in [0.2, 0.25) is 0 Å². The first-order valence-corrected chi connectivity index (χ1v) is 9.30. The van der Waals surface area contributed by atoms with Gasteiger partial charge in [-0.25, -0.2) is 0 Å². The van der Waals surface area contributed by atoms with E-state index in [1.165, 1.54) is 6.21 Å². The van der Waals surface area contributed by atoms with Crippen LogP contribution in [0.4, 0.5) is 0 Å².